The number of benzene rings is 2. The second-order valence-electron chi connectivity index (χ2n) is 5.44. The fourth-order valence-corrected chi connectivity index (χ4v) is 3.45. The lowest BCUT2D eigenvalue weighted by atomic mass is 10.2. The van der Waals surface area contributed by atoms with Gasteiger partial charge in [-0.2, -0.15) is 4.39 Å². The lowest BCUT2D eigenvalue weighted by molar-refractivity contribution is 0.409. The van der Waals surface area contributed by atoms with Crippen molar-refractivity contribution in [3.63, 3.8) is 0 Å². The second kappa shape index (κ2) is 6.45. The van der Waals surface area contributed by atoms with Crippen molar-refractivity contribution in [2.45, 2.75) is 4.90 Å². The average Bonchev–Trinajstić information content (AvgIpc) is 3.33. The van der Waals surface area contributed by atoms with Crippen molar-refractivity contribution < 1.29 is 17.9 Å². The van der Waals surface area contributed by atoms with E-state index in [1.54, 1.807) is 18.5 Å². The third-order valence-corrected chi connectivity index (χ3v) is 4.74. The number of imidazole rings is 1. The molecule has 8 heteroatoms. The predicted octanol–water partition coefficient (Wildman–Crippen LogP) is 5.49. The summed E-state index contributed by atoms with van der Waals surface area (Å²) in [7, 11) is 0. The van der Waals surface area contributed by atoms with E-state index >= 15 is 0 Å². The van der Waals surface area contributed by atoms with Crippen LogP contribution in [0.15, 0.2) is 47.8 Å². The molecular formula is C18H12F3N3OS. The summed E-state index contributed by atoms with van der Waals surface area (Å²) in [5.41, 5.74) is 0.247. The predicted molar refractivity (Wildman–Crippen MR) is 94.1 cm³/mol. The van der Waals surface area contributed by atoms with Crippen molar-refractivity contribution in [1.82, 2.24) is 15.0 Å². The first-order chi connectivity index (χ1) is 12.6. The molecule has 2 aromatic carbocycles. The van der Waals surface area contributed by atoms with Crippen LogP contribution in [0.2, 0.25) is 0 Å². The normalized spacial score (nSPS) is 11.2. The first kappa shape index (κ1) is 16.6. The summed E-state index contributed by atoms with van der Waals surface area (Å²) >= 11 is 1.23. The molecule has 2 heterocycles. The molecule has 0 unspecified atom stereocenters. The van der Waals surface area contributed by atoms with Crippen LogP contribution < -0.4 is 4.74 Å². The Morgan fingerprint density at radius 3 is 2.62 bits per heavy atom. The highest BCUT2D eigenvalue weighted by molar-refractivity contribution is 7.99. The van der Waals surface area contributed by atoms with E-state index < -0.39 is 17.5 Å². The number of nitrogens with one attached hydrogen (secondary N) is 2. The van der Waals surface area contributed by atoms with E-state index in [9.17, 15) is 13.2 Å². The zero-order valence-electron chi connectivity index (χ0n) is 13.4. The van der Waals surface area contributed by atoms with E-state index in [0.29, 0.717) is 16.1 Å². The molecule has 26 heavy (non-hydrogen) atoms. The fourth-order valence-electron chi connectivity index (χ4n) is 2.75. The van der Waals surface area contributed by atoms with Gasteiger partial charge in [-0.05, 0) is 30.5 Å². The smallest absolute Gasteiger partial charge is 0.204 e. The highest BCUT2D eigenvalue weighted by Crippen LogP contribution is 2.41. The van der Waals surface area contributed by atoms with Crippen LogP contribution in [-0.4, -0.2) is 21.2 Å². The number of nitrogens with zero attached hydrogens (tertiary/aromatic N) is 1. The van der Waals surface area contributed by atoms with Crippen LogP contribution in [0.1, 0.15) is 0 Å². The molecule has 0 spiro atoms. The van der Waals surface area contributed by atoms with Crippen LogP contribution in [0.5, 0.6) is 11.5 Å². The topological polar surface area (TPSA) is 53.7 Å². The maximum Gasteiger partial charge on any atom is 0.204 e. The average molecular weight is 375 g/mol. The van der Waals surface area contributed by atoms with E-state index in [-0.39, 0.29) is 22.6 Å². The van der Waals surface area contributed by atoms with Crippen molar-refractivity contribution in [1.29, 1.82) is 0 Å². The van der Waals surface area contributed by atoms with Gasteiger partial charge in [-0.3, -0.25) is 0 Å². The van der Waals surface area contributed by atoms with Crippen molar-refractivity contribution in [2.75, 3.05) is 6.26 Å². The Morgan fingerprint density at radius 2 is 1.88 bits per heavy atom. The third-order valence-electron chi connectivity index (χ3n) is 3.92. The minimum atomic E-state index is -1.10. The summed E-state index contributed by atoms with van der Waals surface area (Å²) in [6, 6.07) is 5.58. The molecule has 4 aromatic rings. The summed E-state index contributed by atoms with van der Waals surface area (Å²) in [4.78, 5) is 9.93. The highest BCUT2D eigenvalue weighted by atomic mass is 32.2. The van der Waals surface area contributed by atoms with Gasteiger partial charge in [0.2, 0.25) is 5.82 Å². The highest BCUT2D eigenvalue weighted by Gasteiger charge is 2.22. The Bertz CT molecular complexity index is 1090. The molecule has 0 saturated carbocycles. The summed E-state index contributed by atoms with van der Waals surface area (Å²) < 4.78 is 48.6. The summed E-state index contributed by atoms with van der Waals surface area (Å²) in [5, 5.41) is 0.514. The van der Waals surface area contributed by atoms with Gasteiger partial charge in [-0.15, -0.1) is 11.8 Å². The van der Waals surface area contributed by atoms with Crippen molar-refractivity contribution in [3.8, 4) is 22.9 Å². The van der Waals surface area contributed by atoms with Crippen molar-refractivity contribution in [2.24, 2.45) is 0 Å². The molecule has 2 aromatic heterocycles. The van der Waals surface area contributed by atoms with Crippen LogP contribution in [0, 0.1) is 17.5 Å². The van der Waals surface area contributed by atoms with Crippen molar-refractivity contribution in [3.05, 3.63) is 60.3 Å². The minimum Gasteiger partial charge on any atom is -0.453 e. The largest absolute Gasteiger partial charge is 0.453 e. The van der Waals surface area contributed by atoms with Crippen LogP contribution in [0.25, 0.3) is 22.3 Å². The zero-order chi connectivity index (χ0) is 18.3. The first-order valence-electron chi connectivity index (χ1n) is 7.59. The SMILES string of the molecule is CSc1c(Oc2ccc(F)c(-c3ncc[nH]3)c2)c(F)c(F)c2[nH]ccc12. The van der Waals surface area contributed by atoms with E-state index in [1.165, 1.54) is 42.4 Å². The van der Waals surface area contributed by atoms with E-state index in [1.807, 2.05) is 0 Å². The Hall–Kier alpha value is -2.87. The fraction of sp³-hybridized carbons (Fsp3) is 0.0556. The number of rotatable bonds is 4. The second-order valence-corrected chi connectivity index (χ2v) is 6.25. The molecule has 0 aliphatic carbocycles. The maximum atomic E-state index is 14.6. The summed E-state index contributed by atoms with van der Waals surface area (Å²) in [5.74, 6) is -2.39. The molecule has 0 fully saturated rings. The molecule has 0 aliphatic rings. The molecule has 0 bridgehead atoms. The van der Waals surface area contributed by atoms with Gasteiger partial charge in [0.25, 0.3) is 0 Å². The van der Waals surface area contributed by atoms with Gasteiger partial charge in [-0.1, -0.05) is 0 Å². The van der Waals surface area contributed by atoms with Gasteiger partial charge in [0, 0.05) is 24.0 Å². The molecule has 4 nitrogen and oxygen atoms in total. The van der Waals surface area contributed by atoms with E-state index in [4.69, 9.17) is 4.74 Å². The number of hydrogen-bond acceptors (Lipinski definition) is 3. The molecule has 0 aliphatic heterocycles. The maximum absolute atomic E-state index is 14.6. The lowest BCUT2D eigenvalue weighted by Crippen LogP contribution is -1.97. The molecule has 0 radical (unpaired) electrons. The number of thioether (sulfide) groups is 1. The van der Waals surface area contributed by atoms with Crippen molar-refractivity contribution >= 4 is 22.7 Å². The summed E-state index contributed by atoms with van der Waals surface area (Å²) in [6.07, 6.45) is 6.32. The Morgan fingerprint density at radius 1 is 1.04 bits per heavy atom. The Balaban J connectivity index is 1.83. The molecule has 0 saturated heterocycles. The Labute approximate surface area is 150 Å². The molecule has 0 atom stereocenters. The Kier molecular flexibility index (Phi) is 4.12. The first-order valence-corrected chi connectivity index (χ1v) is 8.81. The van der Waals surface area contributed by atoms with Gasteiger partial charge in [0.1, 0.15) is 17.4 Å². The minimum absolute atomic E-state index is 0.0783. The van der Waals surface area contributed by atoms with Crippen LogP contribution >= 0.6 is 11.8 Å². The van der Waals surface area contributed by atoms with Gasteiger partial charge < -0.3 is 14.7 Å². The monoisotopic (exact) mass is 375 g/mol. The molecule has 2 N–H and O–H groups in total. The quantitative estimate of drug-likeness (QED) is 0.464. The van der Waals surface area contributed by atoms with Gasteiger partial charge in [0.15, 0.2) is 11.6 Å². The van der Waals surface area contributed by atoms with E-state index in [0.717, 1.165) is 0 Å². The van der Waals surface area contributed by atoms with Crippen LogP contribution in [-0.2, 0) is 0 Å². The number of H-pyrrole nitrogens is 2. The number of hydrogen-bond donors (Lipinski definition) is 2. The third kappa shape index (κ3) is 2.62. The van der Waals surface area contributed by atoms with Gasteiger partial charge in [-0.25, -0.2) is 13.8 Å². The molecule has 0 amide bonds. The van der Waals surface area contributed by atoms with E-state index in [2.05, 4.69) is 15.0 Å². The zero-order valence-corrected chi connectivity index (χ0v) is 14.3. The number of ether oxygens (including phenoxy) is 1. The summed E-state index contributed by atoms with van der Waals surface area (Å²) in [6.45, 7) is 0. The molecule has 132 valence electrons. The van der Waals surface area contributed by atoms with Gasteiger partial charge >= 0.3 is 0 Å². The lowest BCUT2D eigenvalue weighted by Gasteiger charge is -2.13. The van der Waals surface area contributed by atoms with Gasteiger partial charge in [0.05, 0.1) is 16.0 Å². The molecule has 4 rings (SSSR count). The van der Waals surface area contributed by atoms with Crippen LogP contribution in [0.3, 0.4) is 0 Å². The number of halogens is 3. The number of aromatic nitrogens is 3. The number of fused-ring (bicyclic) bond motifs is 1. The number of aromatic amines is 2. The standard InChI is InChI=1S/C18H12F3N3OS/c1-26-17-10-4-5-22-15(10)13(20)14(21)16(17)25-9-2-3-12(19)11(8-9)18-23-6-7-24-18/h2-8,22H,1H3,(H,23,24). The van der Waals surface area contributed by atoms with Crippen LogP contribution in [0.4, 0.5) is 13.2 Å². The molecular weight excluding hydrogens is 363 g/mol.